The van der Waals surface area contributed by atoms with Gasteiger partial charge in [-0.05, 0) is 24.3 Å². The molecule has 2 heterocycles. The van der Waals surface area contributed by atoms with Gasteiger partial charge in [0.2, 0.25) is 12.2 Å². The lowest BCUT2D eigenvalue weighted by Crippen LogP contribution is -2.54. The first kappa shape index (κ1) is 32.4. The number of hydrogen-bond donors (Lipinski definition) is 2. The van der Waals surface area contributed by atoms with Gasteiger partial charge >= 0.3 is 18.1 Å². The fraction of sp³-hybridized carbons (Fsp3) is 0.419. The van der Waals surface area contributed by atoms with Crippen LogP contribution in [0.15, 0.2) is 76.9 Å². The lowest BCUT2D eigenvalue weighted by atomic mass is 10.00. The van der Waals surface area contributed by atoms with Crippen LogP contribution in [0.3, 0.4) is 0 Å². The molecule has 1 aliphatic carbocycles. The fourth-order valence-corrected chi connectivity index (χ4v) is 6.52. The van der Waals surface area contributed by atoms with Crippen molar-refractivity contribution in [3.05, 3.63) is 77.5 Å². The van der Waals surface area contributed by atoms with Crippen LogP contribution in [0.25, 0.3) is 0 Å². The van der Waals surface area contributed by atoms with Gasteiger partial charge in [-0.15, -0.1) is 3.89 Å². The van der Waals surface area contributed by atoms with Gasteiger partial charge in [-0.25, -0.2) is 14.6 Å². The van der Waals surface area contributed by atoms with Gasteiger partial charge in [0.1, 0.15) is 0 Å². The number of alkyl halides is 3. The van der Waals surface area contributed by atoms with Crippen molar-refractivity contribution in [3.8, 4) is 0 Å². The van der Waals surface area contributed by atoms with E-state index in [9.17, 15) is 22.8 Å². The lowest BCUT2D eigenvalue weighted by Gasteiger charge is -2.38. The van der Waals surface area contributed by atoms with Crippen molar-refractivity contribution in [2.75, 3.05) is 26.2 Å². The third kappa shape index (κ3) is 8.12. The van der Waals surface area contributed by atoms with Crippen LogP contribution in [-0.4, -0.2) is 71.7 Å². The van der Waals surface area contributed by atoms with Gasteiger partial charge in [0.25, 0.3) is 0 Å². The Kier molecular flexibility index (Phi) is 10.8. The zero-order valence-corrected chi connectivity index (χ0v) is 24.7. The molecule has 0 radical (unpaired) electrons. The molecule has 0 bridgehead atoms. The molecule has 2 aliphatic heterocycles. The molecule has 3 aliphatic rings. The highest BCUT2D eigenvalue weighted by molar-refractivity contribution is 8.00. The number of aliphatic carboxylic acids is 1. The van der Waals surface area contributed by atoms with Crippen molar-refractivity contribution in [2.45, 2.75) is 56.4 Å². The smallest absolute Gasteiger partial charge is 0.475 e. The molecule has 0 spiro atoms. The van der Waals surface area contributed by atoms with Crippen LogP contribution in [0.4, 0.5) is 18.9 Å². The molecule has 0 aromatic heterocycles. The van der Waals surface area contributed by atoms with Crippen LogP contribution in [0.2, 0.25) is 0 Å². The first-order valence-electron chi connectivity index (χ1n) is 14.3. The van der Waals surface area contributed by atoms with Gasteiger partial charge in [-0.3, -0.25) is 4.79 Å². The average molecular weight is 618 g/mol. The summed E-state index contributed by atoms with van der Waals surface area (Å²) in [5.74, 6) is -2.23. The third-order valence-corrected chi connectivity index (χ3v) is 9.26. The minimum atomic E-state index is -5.08. The van der Waals surface area contributed by atoms with Crippen LogP contribution in [-0.2, 0) is 14.4 Å². The molecule has 2 amide bonds. The Morgan fingerprint density at radius 3 is 2.33 bits per heavy atom. The van der Waals surface area contributed by atoms with Crippen molar-refractivity contribution in [2.24, 2.45) is 4.99 Å². The maximum absolute atomic E-state index is 14.0. The number of para-hydroxylation sites is 1. The van der Waals surface area contributed by atoms with Crippen LogP contribution in [0.1, 0.15) is 50.5 Å². The Morgan fingerprint density at radius 2 is 1.74 bits per heavy atom. The largest absolute Gasteiger partial charge is 0.490 e. The number of hydrogen-bond acceptors (Lipinski definition) is 6. The van der Waals surface area contributed by atoms with Crippen LogP contribution < -0.4 is 9.21 Å². The van der Waals surface area contributed by atoms with Crippen LogP contribution >= 0.6 is 11.9 Å². The van der Waals surface area contributed by atoms with Gasteiger partial charge in [-0.1, -0.05) is 61.9 Å². The predicted molar refractivity (Wildman–Crippen MR) is 161 cm³/mol. The maximum Gasteiger partial charge on any atom is 0.490 e. The lowest BCUT2D eigenvalue weighted by molar-refractivity contribution is -0.192. The minimum Gasteiger partial charge on any atom is -0.475 e. The van der Waals surface area contributed by atoms with Crippen molar-refractivity contribution < 1.29 is 32.7 Å². The summed E-state index contributed by atoms with van der Waals surface area (Å²) < 4.78 is 31.8. The Bertz CT molecular complexity index is 1350. The molecule has 12 heteroatoms. The summed E-state index contributed by atoms with van der Waals surface area (Å²) >= 11 is 1.69. The average Bonchev–Trinajstić information content (AvgIpc) is 2.98. The van der Waals surface area contributed by atoms with E-state index >= 15 is 0 Å². The molecular formula is C31H36F3N4O4S+. The summed E-state index contributed by atoms with van der Waals surface area (Å²) in [7, 11) is 0. The second kappa shape index (κ2) is 14.3. The zero-order chi connectivity index (χ0) is 31.0. The molecule has 2 aromatic rings. The normalized spacial score (nSPS) is 20.9. The summed E-state index contributed by atoms with van der Waals surface area (Å²) in [5.41, 5.74) is 3.76. The number of amides is 2. The Balaban J connectivity index is 0.000000541. The first-order valence-corrected chi connectivity index (χ1v) is 15.1. The highest BCUT2D eigenvalue weighted by Crippen LogP contribution is 2.44. The predicted octanol–water partition coefficient (Wildman–Crippen LogP) is 5.67. The van der Waals surface area contributed by atoms with E-state index in [4.69, 9.17) is 14.9 Å². The van der Waals surface area contributed by atoms with E-state index in [0.717, 1.165) is 30.8 Å². The van der Waals surface area contributed by atoms with Gasteiger partial charge in [-0.2, -0.15) is 13.2 Å². The fourth-order valence-electron chi connectivity index (χ4n) is 4.96. The highest BCUT2D eigenvalue weighted by Gasteiger charge is 2.49. The number of carboxylic acid groups (broad SMARTS) is 1. The van der Waals surface area contributed by atoms with E-state index in [1.54, 1.807) is 11.9 Å². The molecular weight excluding hydrogens is 581 g/mol. The summed E-state index contributed by atoms with van der Waals surface area (Å²) in [4.78, 5) is 42.6. The standard InChI is InChI=1S/C29H35N4O2S.C2HF3O2/c1-22(23-9-4-2-5-10-23)19-30-17-15-28(34)32-18-16-27-26(20-32)29(35)33(21-31-27,36-25-13-8-14-25)24-11-6-3-7-12-24;3-2(4,5)1(6)7/h2-7,9-12,21-22,25,30H,8,13-20H2,1H3;(H,6,7)/q+1;/t22-,33?;/m0./s1. The summed E-state index contributed by atoms with van der Waals surface area (Å²) in [6, 6.07) is 20.4. The maximum atomic E-state index is 14.0. The minimum absolute atomic E-state index is 0.0513. The molecule has 2 atom stereocenters. The summed E-state index contributed by atoms with van der Waals surface area (Å²) in [6.07, 6.45) is 1.28. The number of halogens is 3. The van der Waals surface area contributed by atoms with Crippen molar-refractivity contribution in [3.63, 3.8) is 0 Å². The van der Waals surface area contributed by atoms with Gasteiger partial charge in [0.15, 0.2) is 5.69 Å². The Morgan fingerprint density at radius 1 is 1.12 bits per heavy atom. The molecule has 1 unspecified atom stereocenters. The molecule has 0 saturated heterocycles. The Labute approximate surface area is 253 Å². The highest BCUT2D eigenvalue weighted by atomic mass is 32.2. The van der Waals surface area contributed by atoms with Crippen molar-refractivity contribution in [1.82, 2.24) is 14.1 Å². The molecule has 43 heavy (non-hydrogen) atoms. The topological polar surface area (TPSA) is 99.1 Å². The number of nitrogens with one attached hydrogen (secondary N) is 1. The monoisotopic (exact) mass is 617 g/mol. The van der Waals surface area contributed by atoms with E-state index in [1.165, 1.54) is 12.0 Å². The van der Waals surface area contributed by atoms with Gasteiger partial charge in [0.05, 0.1) is 35.0 Å². The quantitative estimate of drug-likeness (QED) is 0.214. The molecule has 2 aromatic carbocycles. The molecule has 2 N–H and O–H groups in total. The van der Waals surface area contributed by atoms with Crippen LogP contribution in [0, 0.1) is 0 Å². The van der Waals surface area contributed by atoms with Crippen molar-refractivity contribution in [1.29, 1.82) is 0 Å². The number of carbonyl (C=O) groups excluding carboxylic acids is 2. The number of carboxylic acids is 1. The van der Waals surface area contributed by atoms with E-state index in [0.29, 0.717) is 49.2 Å². The van der Waals surface area contributed by atoms with Crippen molar-refractivity contribution >= 4 is 41.8 Å². The van der Waals surface area contributed by atoms with Gasteiger partial charge in [0, 0.05) is 44.6 Å². The van der Waals surface area contributed by atoms with E-state index in [-0.39, 0.29) is 15.7 Å². The molecule has 5 rings (SSSR count). The number of nitrogens with zero attached hydrogens (tertiary/aromatic N) is 3. The SMILES string of the molecule is C[C@@H](CNCCC(=O)N1CCC2=C(C1)C(=O)[N+](SC1CCC1)(c1ccccc1)C=N2)c1ccccc1.O=C(O)C(F)(F)F. The zero-order valence-electron chi connectivity index (χ0n) is 23.9. The van der Waals surface area contributed by atoms with E-state index in [2.05, 4.69) is 36.5 Å². The van der Waals surface area contributed by atoms with Gasteiger partial charge < -0.3 is 15.3 Å². The van der Waals surface area contributed by atoms with E-state index < -0.39 is 12.1 Å². The summed E-state index contributed by atoms with van der Waals surface area (Å²) in [6.45, 7) is 4.62. The Hall–Kier alpha value is -3.48. The second-order valence-corrected chi connectivity index (χ2v) is 12.2. The number of benzene rings is 2. The molecule has 230 valence electrons. The van der Waals surface area contributed by atoms with E-state index in [1.807, 2.05) is 47.6 Å². The molecule has 8 nitrogen and oxygen atoms in total. The number of aliphatic imine (C=N–C) groups is 1. The summed E-state index contributed by atoms with van der Waals surface area (Å²) in [5, 5.41) is 11.0. The number of quaternary nitrogens is 1. The number of rotatable bonds is 9. The second-order valence-electron chi connectivity index (χ2n) is 10.8. The van der Waals surface area contributed by atoms with Crippen LogP contribution in [0.5, 0.6) is 0 Å². The molecule has 1 fully saturated rings. The molecule has 1 saturated carbocycles. The first-order chi connectivity index (χ1) is 20.5. The third-order valence-electron chi connectivity index (χ3n) is 7.69. The number of carbonyl (C=O) groups is 3.